The van der Waals surface area contributed by atoms with E-state index in [1.807, 2.05) is 13.8 Å². The summed E-state index contributed by atoms with van der Waals surface area (Å²) < 4.78 is 10.3. The van der Waals surface area contributed by atoms with E-state index < -0.39 is 0 Å². The Hall–Kier alpha value is -0.850. The van der Waals surface area contributed by atoms with Crippen LogP contribution in [0, 0.1) is 5.92 Å². The van der Waals surface area contributed by atoms with Gasteiger partial charge in [-0.3, -0.25) is 9.59 Å². The lowest BCUT2D eigenvalue weighted by Gasteiger charge is -2.28. The molecule has 1 unspecified atom stereocenters. The van der Waals surface area contributed by atoms with E-state index >= 15 is 0 Å². The quantitative estimate of drug-likeness (QED) is 0.703. The summed E-state index contributed by atoms with van der Waals surface area (Å²) in [6.45, 7) is 8.71. The van der Waals surface area contributed by atoms with E-state index in [4.69, 9.17) is 9.47 Å². The first-order valence-corrected chi connectivity index (χ1v) is 7.27. The first-order valence-electron chi connectivity index (χ1n) is 7.27. The Kier molecular flexibility index (Phi) is 10.4. The molecule has 7 heteroatoms. The van der Waals surface area contributed by atoms with Gasteiger partial charge < -0.3 is 19.7 Å². The number of rotatable bonds is 7. The van der Waals surface area contributed by atoms with Crippen molar-refractivity contribution < 1.29 is 19.1 Å². The summed E-state index contributed by atoms with van der Waals surface area (Å²) in [5, 5.41) is 3.25. The van der Waals surface area contributed by atoms with Crippen molar-refractivity contribution in [2.75, 3.05) is 39.5 Å². The van der Waals surface area contributed by atoms with Crippen molar-refractivity contribution >= 4 is 24.3 Å². The minimum Gasteiger partial charge on any atom is -0.465 e. The maximum absolute atomic E-state index is 12.3. The number of carbonyl (C=O) groups excluding carboxylic acids is 2. The number of halogens is 1. The monoisotopic (exact) mass is 322 g/mol. The second-order valence-electron chi connectivity index (χ2n) is 5.40. The Bertz CT molecular complexity index is 320. The van der Waals surface area contributed by atoms with Gasteiger partial charge in [-0.15, -0.1) is 12.4 Å². The van der Waals surface area contributed by atoms with E-state index in [-0.39, 0.29) is 36.9 Å². The molecule has 0 spiro atoms. The zero-order chi connectivity index (χ0) is 15.0. The van der Waals surface area contributed by atoms with Crippen molar-refractivity contribution in [2.45, 2.75) is 33.2 Å². The smallest absolute Gasteiger partial charge is 0.325 e. The van der Waals surface area contributed by atoms with Crippen molar-refractivity contribution in [3.63, 3.8) is 0 Å². The van der Waals surface area contributed by atoms with Crippen molar-refractivity contribution in [2.24, 2.45) is 5.92 Å². The molecule has 1 fully saturated rings. The molecule has 0 aromatic carbocycles. The molecule has 0 bridgehead atoms. The van der Waals surface area contributed by atoms with Gasteiger partial charge in [0, 0.05) is 25.6 Å². The lowest BCUT2D eigenvalue weighted by molar-refractivity contribution is -0.149. The number of hydrogen-bond acceptors (Lipinski definition) is 5. The van der Waals surface area contributed by atoms with Crippen molar-refractivity contribution in [1.82, 2.24) is 10.2 Å². The third kappa shape index (κ3) is 8.24. The molecule has 124 valence electrons. The fourth-order valence-electron chi connectivity index (χ4n) is 2.15. The number of ether oxygens (including phenoxy) is 2. The van der Waals surface area contributed by atoms with E-state index in [9.17, 15) is 9.59 Å². The maximum atomic E-state index is 12.3. The summed E-state index contributed by atoms with van der Waals surface area (Å²) in [4.78, 5) is 25.5. The van der Waals surface area contributed by atoms with Crippen LogP contribution in [0.25, 0.3) is 0 Å². The summed E-state index contributed by atoms with van der Waals surface area (Å²) >= 11 is 0. The molecule has 1 amide bonds. The van der Waals surface area contributed by atoms with E-state index in [1.165, 1.54) is 0 Å². The number of esters is 1. The Morgan fingerprint density at radius 1 is 1.43 bits per heavy atom. The normalized spacial score (nSPS) is 18.0. The predicted molar refractivity (Wildman–Crippen MR) is 82.5 cm³/mol. The fourth-order valence-corrected chi connectivity index (χ4v) is 2.15. The van der Waals surface area contributed by atoms with E-state index in [2.05, 4.69) is 5.32 Å². The summed E-state index contributed by atoms with van der Waals surface area (Å²) in [7, 11) is 0. The van der Waals surface area contributed by atoms with Crippen molar-refractivity contribution in [3.05, 3.63) is 0 Å². The Morgan fingerprint density at radius 2 is 2.14 bits per heavy atom. The van der Waals surface area contributed by atoms with Crippen LogP contribution in [0.15, 0.2) is 0 Å². The molecule has 1 aliphatic heterocycles. The Labute approximate surface area is 132 Å². The number of carbonyl (C=O) groups is 2. The number of hydrogen-bond donors (Lipinski definition) is 1. The topological polar surface area (TPSA) is 67.9 Å². The molecule has 0 radical (unpaired) electrons. The largest absolute Gasteiger partial charge is 0.465 e. The Balaban J connectivity index is 0.00000400. The molecule has 0 saturated carbocycles. The van der Waals surface area contributed by atoms with Gasteiger partial charge in [-0.1, -0.05) is 13.8 Å². The SMILES string of the molecule is CCOC(=O)CN(CC(C)C)C(=O)CC1COCCN1.Cl. The average molecular weight is 323 g/mol. The van der Waals surface area contributed by atoms with Crippen molar-refractivity contribution in [3.8, 4) is 0 Å². The van der Waals surface area contributed by atoms with Gasteiger partial charge >= 0.3 is 5.97 Å². The predicted octanol–water partition coefficient (Wildman–Crippen LogP) is 0.834. The average Bonchev–Trinajstić information content (AvgIpc) is 2.39. The van der Waals surface area contributed by atoms with Crippen LogP contribution in [0.4, 0.5) is 0 Å². The van der Waals surface area contributed by atoms with Gasteiger partial charge in [-0.05, 0) is 12.8 Å². The fraction of sp³-hybridized carbons (Fsp3) is 0.857. The number of nitrogens with one attached hydrogen (secondary N) is 1. The van der Waals surface area contributed by atoms with Crippen molar-refractivity contribution in [1.29, 1.82) is 0 Å². The van der Waals surface area contributed by atoms with Crippen LogP contribution < -0.4 is 5.32 Å². The molecular formula is C14H27ClN2O4. The van der Waals surface area contributed by atoms with Gasteiger partial charge in [0.2, 0.25) is 5.91 Å². The van der Waals surface area contributed by atoms with Gasteiger partial charge in [0.25, 0.3) is 0 Å². The zero-order valence-electron chi connectivity index (χ0n) is 13.1. The van der Waals surface area contributed by atoms with Gasteiger partial charge in [-0.2, -0.15) is 0 Å². The maximum Gasteiger partial charge on any atom is 0.325 e. The Morgan fingerprint density at radius 3 is 2.67 bits per heavy atom. The molecule has 1 heterocycles. The van der Waals surface area contributed by atoms with Gasteiger partial charge in [0.1, 0.15) is 6.54 Å². The number of morpholine rings is 1. The van der Waals surface area contributed by atoms with E-state index in [1.54, 1.807) is 11.8 Å². The summed E-state index contributed by atoms with van der Waals surface area (Å²) in [6, 6.07) is 0.0353. The second kappa shape index (κ2) is 10.8. The van der Waals surface area contributed by atoms with Crippen LogP contribution in [-0.4, -0.2) is 62.3 Å². The molecular weight excluding hydrogens is 296 g/mol. The zero-order valence-corrected chi connectivity index (χ0v) is 13.9. The van der Waals surface area contributed by atoms with Gasteiger partial charge in [0.05, 0.1) is 19.8 Å². The molecule has 1 atom stereocenters. The standard InChI is InChI=1S/C14H26N2O4.ClH/c1-4-20-14(18)9-16(8-11(2)3)13(17)7-12-10-19-6-5-15-12;/h11-12,15H,4-10H2,1-3H3;1H. The molecule has 1 aliphatic rings. The highest BCUT2D eigenvalue weighted by Gasteiger charge is 2.23. The van der Waals surface area contributed by atoms with Crippen LogP contribution in [0.1, 0.15) is 27.2 Å². The molecule has 0 aliphatic carbocycles. The number of nitrogens with zero attached hydrogens (tertiary/aromatic N) is 1. The molecule has 0 aromatic heterocycles. The molecule has 1 saturated heterocycles. The first kappa shape index (κ1) is 20.1. The van der Waals surface area contributed by atoms with Crippen LogP contribution >= 0.6 is 12.4 Å². The molecule has 6 nitrogen and oxygen atoms in total. The minimum absolute atomic E-state index is 0. The third-order valence-corrected chi connectivity index (χ3v) is 2.98. The second-order valence-corrected chi connectivity index (χ2v) is 5.40. The molecule has 1 rings (SSSR count). The minimum atomic E-state index is -0.352. The summed E-state index contributed by atoms with van der Waals surface area (Å²) in [6.07, 6.45) is 0.353. The summed E-state index contributed by atoms with van der Waals surface area (Å²) in [5.41, 5.74) is 0. The molecule has 21 heavy (non-hydrogen) atoms. The third-order valence-electron chi connectivity index (χ3n) is 2.98. The van der Waals surface area contributed by atoms with Crippen LogP contribution in [0.3, 0.4) is 0 Å². The van der Waals surface area contributed by atoms with Crippen LogP contribution in [0.5, 0.6) is 0 Å². The first-order chi connectivity index (χ1) is 9.52. The molecule has 0 aromatic rings. The number of amides is 1. The summed E-state index contributed by atoms with van der Waals surface area (Å²) in [5.74, 6) is -0.0759. The molecule has 1 N–H and O–H groups in total. The van der Waals surface area contributed by atoms with E-state index in [0.29, 0.717) is 38.7 Å². The van der Waals surface area contributed by atoms with Crippen LogP contribution in [0.2, 0.25) is 0 Å². The highest BCUT2D eigenvalue weighted by molar-refractivity contribution is 5.85. The van der Waals surface area contributed by atoms with Crippen LogP contribution in [-0.2, 0) is 19.1 Å². The van der Waals surface area contributed by atoms with E-state index in [0.717, 1.165) is 6.54 Å². The lowest BCUT2D eigenvalue weighted by atomic mass is 10.1. The highest BCUT2D eigenvalue weighted by Crippen LogP contribution is 2.06. The lowest BCUT2D eigenvalue weighted by Crippen LogP contribution is -2.46. The van der Waals surface area contributed by atoms with Gasteiger partial charge in [0.15, 0.2) is 0 Å². The highest BCUT2D eigenvalue weighted by atomic mass is 35.5. The van der Waals surface area contributed by atoms with Gasteiger partial charge in [-0.25, -0.2) is 0 Å².